The SMILES string of the molecule is Fc1ccccc1N1CCN(Cc2nc3cc4ccccc4cc3nc2CN2CCN(c3ccccc3F)CC2)CC1. The minimum atomic E-state index is -0.170. The van der Waals surface area contributed by atoms with Crippen molar-refractivity contribution in [2.24, 2.45) is 0 Å². The summed E-state index contributed by atoms with van der Waals surface area (Å²) in [4.78, 5) is 19.4. The number of fused-ring (bicyclic) bond motifs is 2. The largest absolute Gasteiger partial charge is 0.367 e. The van der Waals surface area contributed by atoms with E-state index in [2.05, 4.69) is 43.9 Å². The summed E-state index contributed by atoms with van der Waals surface area (Å²) in [6, 6.07) is 26.6. The Kier molecular flexibility index (Phi) is 7.40. The van der Waals surface area contributed by atoms with Gasteiger partial charge in [0.1, 0.15) is 11.6 Å². The zero-order valence-electron chi connectivity index (χ0n) is 23.6. The predicted molar refractivity (Wildman–Crippen MR) is 165 cm³/mol. The lowest BCUT2D eigenvalue weighted by Crippen LogP contribution is -2.47. The number of hydrogen-bond acceptors (Lipinski definition) is 6. The van der Waals surface area contributed by atoms with Crippen molar-refractivity contribution in [1.82, 2.24) is 19.8 Å². The molecule has 0 saturated carbocycles. The van der Waals surface area contributed by atoms with Gasteiger partial charge in [-0.05, 0) is 47.2 Å². The molecule has 3 heterocycles. The van der Waals surface area contributed by atoms with Crippen LogP contribution in [0.15, 0.2) is 84.9 Å². The molecule has 0 aliphatic carbocycles. The van der Waals surface area contributed by atoms with Gasteiger partial charge in [0.05, 0.1) is 33.8 Å². The van der Waals surface area contributed by atoms with E-state index in [0.29, 0.717) is 24.5 Å². The van der Waals surface area contributed by atoms with Gasteiger partial charge < -0.3 is 9.80 Å². The first-order chi connectivity index (χ1) is 20.6. The monoisotopic (exact) mass is 564 g/mol. The van der Waals surface area contributed by atoms with Gasteiger partial charge >= 0.3 is 0 Å². The van der Waals surface area contributed by atoms with Crippen LogP contribution in [0.4, 0.5) is 20.2 Å². The highest BCUT2D eigenvalue weighted by molar-refractivity contribution is 5.94. The number of anilines is 2. The van der Waals surface area contributed by atoms with E-state index < -0.39 is 0 Å². The maximum Gasteiger partial charge on any atom is 0.146 e. The van der Waals surface area contributed by atoms with Gasteiger partial charge in [-0.1, -0.05) is 48.5 Å². The van der Waals surface area contributed by atoms with Crippen LogP contribution in [0.2, 0.25) is 0 Å². The molecule has 42 heavy (non-hydrogen) atoms. The second-order valence-electron chi connectivity index (χ2n) is 11.2. The summed E-state index contributed by atoms with van der Waals surface area (Å²) in [6.07, 6.45) is 0. The molecule has 0 spiro atoms. The summed E-state index contributed by atoms with van der Waals surface area (Å²) in [7, 11) is 0. The van der Waals surface area contributed by atoms with Crippen LogP contribution in [-0.4, -0.2) is 72.1 Å². The van der Waals surface area contributed by atoms with Crippen LogP contribution in [-0.2, 0) is 13.1 Å². The molecule has 0 bridgehead atoms. The Hall–Kier alpha value is -4.14. The van der Waals surface area contributed by atoms with Crippen LogP contribution >= 0.6 is 0 Å². The van der Waals surface area contributed by atoms with Crippen molar-refractivity contribution >= 4 is 33.2 Å². The molecule has 0 unspecified atom stereocenters. The van der Waals surface area contributed by atoms with E-state index in [1.165, 1.54) is 12.1 Å². The van der Waals surface area contributed by atoms with Gasteiger partial charge in [0, 0.05) is 65.4 Å². The number of benzene rings is 4. The van der Waals surface area contributed by atoms with Crippen molar-refractivity contribution in [3.05, 3.63) is 108 Å². The van der Waals surface area contributed by atoms with Gasteiger partial charge in [-0.2, -0.15) is 0 Å². The molecule has 7 rings (SSSR count). The Morgan fingerprint density at radius 1 is 0.500 bits per heavy atom. The standard InChI is InChI=1S/C34H34F2N6/c35-27-9-3-5-11-33(27)41-17-13-39(14-18-41)23-31-32(38-30-22-26-8-2-1-7-25(26)21-29(30)37-31)24-40-15-19-42(20-16-40)34-12-6-4-10-28(34)36/h1-12,21-22H,13-20,23-24H2. The average Bonchev–Trinajstić information content (AvgIpc) is 3.02. The summed E-state index contributed by atoms with van der Waals surface area (Å²) in [5.41, 5.74) is 5.14. The van der Waals surface area contributed by atoms with Crippen molar-refractivity contribution in [2.75, 3.05) is 62.2 Å². The molecule has 2 saturated heterocycles. The molecular weight excluding hydrogens is 530 g/mol. The Labute approximate surface area is 244 Å². The lowest BCUT2D eigenvalue weighted by molar-refractivity contribution is 0.232. The van der Waals surface area contributed by atoms with Crippen LogP contribution in [0.1, 0.15) is 11.4 Å². The molecule has 6 nitrogen and oxygen atoms in total. The van der Waals surface area contributed by atoms with Gasteiger partial charge in [-0.25, -0.2) is 18.7 Å². The van der Waals surface area contributed by atoms with Crippen LogP contribution in [0, 0.1) is 11.6 Å². The highest BCUT2D eigenvalue weighted by Crippen LogP contribution is 2.26. The smallest absolute Gasteiger partial charge is 0.146 e. The Morgan fingerprint density at radius 3 is 1.29 bits per heavy atom. The number of para-hydroxylation sites is 2. The fourth-order valence-electron chi connectivity index (χ4n) is 6.20. The summed E-state index contributed by atoms with van der Waals surface area (Å²) in [6.45, 7) is 7.76. The fraction of sp³-hybridized carbons (Fsp3) is 0.294. The molecule has 0 N–H and O–H groups in total. The number of aromatic nitrogens is 2. The first kappa shape index (κ1) is 26.7. The summed E-state index contributed by atoms with van der Waals surface area (Å²) in [5, 5.41) is 2.31. The fourth-order valence-corrected chi connectivity index (χ4v) is 6.20. The first-order valence-corrected chi connectivity index (χ1v) is 14.7. The zero-order valence-corrected chi connectivity index (χ0v) is 23.6. The van der Waals surface area contributed by atoms with Crippen molar-refractivity contribution in [2.45, 2.75) is 13.1 Å². The maximum atomic E-state index is 14.4. The first-order valence-electron chi connectivity index (χ1n) is 14.7. The number of nitrogens with zero attached hydrogens (tertiary/aromatic N) is 6. The Morgan fingerprint density at radius 2 is 0.881 bits per heavy atom. The molecular formula is C34H34F2N6. The molecule has 0 atom stereocenters. The summed E-state index contributed by atoms with van der Waals surface area (Å²) in [5.74, 6) is -0.341. The van der Waals surface area contributed by atoms with E-state index in [1.807, 2.05) is 36.4 Å². The highest BCUT2D eigenvalue weighted by atomic mass is 19.1. The van der Waals surface area contributed by atoms with E-state index in [0.717, 1.165) is 85.6 Å². The van der Waals surface area contributed by atoms with Crippen molar-refractivity contribution in [1.29, 1.82) is 0 Å². The number of rotatable bonds is 6. The van der Waals surface area contributed by atoms with E-state index >= 15 is 0 Å². The van der Waals surface area contributed by atoms with Crippen molar-refractivity contribution in [3.8, 4) is 0 Å². The third-order valence-electron chi connectivity index (χ3n) is 8.56. The quantitative estimate of drug-likeness (QED) is 0.246. The molecule has 5 aromatic rings. The molecule has 0 amide bonds. The van der Waals surface area contributed by atoms with Crippen LogP contribution in [0.5, 0.6) is 0 Å². The van der Waals surface area contributed by atoms with Gasteiger partial charge in [-0.3, -0.25) is 9.80 Å². The van der Waals surface area contributed by atoms with Crippen LogP contribution < -0.4 is 9.80 Å². The molecule has 1 aromatic heterocycles. The number of hydrogen-bond donors (Lipinski definition) is 0. The minimum Gasteiger partial charge on any atom is -0.367 e. The topological polar surface area (TPSA) is 38.7 Å². The number of halogens is 2. The lowest BCUT2D eigenvalue weighted by atomic mass is 10.1. The molecule has 2 fully saturated rings. The molecule has 0 radical (unpaired) electrons. The lowest BCUT2D eigenvalue weighted by Gasteiger charge is -2.37. The zero-order chi connectivity index (χ0) is 28.5. The normalized spacial score (nSPS) is 16.9. The molecule has 8 heteroatoms. The van der Waals surface area contributed by atoms with E-state index in [9.17, 15) is 8.78 Å². The average molecular weight is 565 g/mol. The molecule has 4 aromatic carbocycles. The van der Waals surface area contributed by atoms with E-state index in [4.69, 9.17) is 9.97 Å². The van der Waals surface area contributed by atoms with Crippen molar-refractivity contribution in [3.63, 3.8) is 0 Å². The van der Waals surface area contributed by atoms with Gasteiger partial charge in [0.25, 0.3) is 0 Å². The second-order valence-corrected chi connectivity index (χ2v) is 11.2. The molecule has 2 aliphatic heterocycles. The summed E-state index contributed by atoms with van der Waals surface area (Å²) >= 11 is 0. The van der Waals surface area contributed by atoms with E-state index in [-0.39, 0.29) is 11.6 Å². The molecule has 2 aliphatic rings. The second kappa shape index (κ2) is 11.6. The van der Waals surface area contributed by atoms with Gasteiger partial charge in [0.15, 0.2) is 0 Å². The Balaban J connectivity index is 1.11. The molecule has 214 valence electrons. The third kappa shape index (κ3) is 5.52. The highest BCUT2D eigenvalue weighted by Gasteiger charge is 2.24. The van der Waals surface area contributed by atoms with Crippen LogP contribution in [0.25, 0.3) is 21.8 Å². The van der Waals surface area contributed by atoms with Gasteiger partial charge in [-0.15, -0.1) is 0 Å². The van der Waals surface area contributed by atoms with Crippen LogP contribution in [0.3, 0.4) is 0 Å². The Bertz CT molecular complexity index is 1580. The predicted octanol–water partition coefficient (Wildman–Crippen LogP) is 5.71. The van der Waals surface area contributed by atoms with Gasteiger partial charge in [0.2, 0.25) is 0 Å². The van der Waals surface area contributed by atoms with E-state index in [1.54, 1.807) is 12.1 Å². The minimum absolute atomic E-state index is 0.170. The maximum absolute atomic E-state index is 14.4. The summed E-state index contributed by atoms with van der Waals surface area (Å²) < 4.78 is 28.8. The van der Waals surface area contributed by atoms with Crippen molar-refractivity contribution < 1.29 is 8.78 Å². The third-order valence-corrected chi connectivity index (χ3v) is 8.56. The number of piperazine rings is 2.